The molecule has 82 valence electrons. The van der Waals surface area contributed by atoms with Gasteiger partial charge in [-0.25, -0.2) is 4.79 Å². The van der Waals surface area contributed by atoms with Gasteiger partial charge in [-0.2, -0.15) is 0 Å². The molecule has 0 rings (SSSR count). The van der Waals surface area contributed by atoms with Gasteiger partial charge in [-0.1, -0.05) is 0 Å². The standard InChI is InChI=1S/C6H8O7.K.Na.H2O/c7-3(8)1-6(13,5(11)12)2-4(9)10;;;/h13H,1-2H2,(H,7,8)(H,9,10)(H,11,12);;;1H2/q;2*+1;/p-2. The van der Waals surface area contributed by atoms with E-state index in [4.69, 9.17) is 15.3 Å². The number of carbonyl (C=O) groups is 3. The first-order chi connectivity index (χ1) is 5.78. The van der Waals surface area contributed by atoms with Crippen molar-refractivity contribution in [2.45, 2.75) is 18.4 Å². The summed E-state index contributed by atoms with van der Waals surface area (Å²) in [6, 6.07) is 0. The fourth-order valence-electron chi connectivity index (χ4n) is 0.703. The third kappa shape index (κ3) is 10.1. The number of rotatable bonds is 5. The minimum Gasteiger partial charge on any atom is -0.870 e. The van der Waals surface area contributed by atoms with Gasteiger partial charge in [0.2, 0.25) is 0 Å². The molecule has 0 bridgehead atoms. The third-order valence-corrected chi connectivity index (χ3v) is 1.28. The summed E-state index contributed by atoms with van der Waals surface area (Å²) in [5.41, 5.74) is -2.80. The van der Waals surface area contributed by atoms with Crippen LogP contribution in [0.25, 0.3) is 0 Å². The Labute approximate surface area is 155 Å². The largest absolute Gasteiger partial charge is 1.00 e. The van der Waals surface area contributed by atoms with Gasteiger partial charge in [0.05, 0.1) is 6.42 Å². The first kappa shape index (κ1) is 25.7. The molecule has 0 aromatic carbocycles. The fraction of sp³-hybridized carbons (Fsp3) is 0.500. The average Bonchev–Trinajstić information content (AvgIpc) is 1.82. The molecule has 16 heavy (non-hydrogen) atoms. The summed E-state index contributed by atoms with van der Waals surface area (Å²) in [5.74, 6) is -5.34. The summed E-state index contributed by atoms with van der Waals surface area (Å²) < 4.78 is 0. The van der Waals surface area contributed by atoms with Crippen LogP contribution in [0.3, 0.4) is 0 Å². The van der Waals surface area contributed by atoms with Crippen LogP contribution in [0.1, 0.15) is 12.8 Å². The molecule has 0 saturated heterocycles. The predicted octanol–water partition coefficient (Wildman–Crippen LogP) is -8.75. The second kappa shape index (κ2) is 11.1. The van der Waals surface area contributed by atoms with E-state index in [1.165, 1.54) is 0 Å². The molecular formula is C6H8KNaO8. The number of carboxylic acid groups (broad SMARTS) is 3. The predicted molar refractivity (Wildman–Crippen MR) is 36.4 cm³/mol. The zero-order valence-electron chi connectivity index (χ0n) is 8.84. The van der Waals surface area contributed by atoms with Gasteiger partial charge in [-0.05, 0) is 0 Å². The van der Waals surface area contributed by atoms with Crippen molar-refractivity contribution < 1.29 is 121 Å². The molecule has 0 aromatic heterocycles. The van der Waals surface area contributed by atoms with Crippen molar-refractivity contribution in [2.75, 3.05) is 0 Å². The van der Waals surface area contributed by atoms with Gasteiger partial charge in [0.25, 0.3) is 0 Å². The smallest absolute Gasteiger partial charge is 0.870 e. The average molecular weight is 270 g/mol. The van der Waals surface area contributed by atoms with Crippen LogP contribution in [0.2, 0.25) is 0 Å². The molecule has 0 aliphatic rings. The quantitative estimate of drug-likeness (QED) is 0.414. The molecule has 0 heterocycles. The van der Waals surface area contributed by atoms with E-state index in [-0.39, 0.29) is 86.4 Å². The van der Waals surface area contributed by atoms with Crippen molar-refractivity contribution in [2.24, 2.45) is 0 Å². The van der Waals surface area contributed by atoms with Crippen molar-refractivity contribution in [3.63, 3.8) is 0 Å². The summed E-state index contributed by atoms with van der Waals surface area (Å²) in [6.07, 6.45) is -2.44. The molecule has 0 aliphatic heterocycles. The molecule has 0 aromatic rings. The fourth-order valence-corrected chi connectivity index (χ4v) is 0.703. The van der Waals surface area contributed by atoms with Crippen LogP contribution in [0.4, 0.5) is 0 Å². The molecule has 1 unspecified atom stereocenters. The topological polar surface area (TPSA) is 165 Å². The van der Waals surface area contributed by atoms with Gasteiger partial charge in [0.1, 0.15) is 0 Å². The number of carboxylic acids is 3. The third-order valence-electron chi connectivity index (χ3n) is 1.28. The molecule has 0 aliphatic carbocycles. The van der Waals surface area contributed by atoms with Crippen molar-refractivity contribution >= 4 is 17.9 Å². The van der Waals surface area contributed by atoms with Crippen molar-refractivity contribution in [3.8, 4) is 0 Å². The number of hydrogen-bond acceptors (Lipinski definition) is 6. The van der Waals surface area contributed by atoms with Gasteiger partial charge in [-0.15, -0.1) is 0 Å². The van der Waals surface area contributed by atoms with Crippen LogP contribution >= 0.6 is 0 Å². The Morgan fingerprint density at radius 1 is 1.12 bits per heavy atom. The minimum absolute atomic E-state index is 0. The monoisotopic (exact) mass is 270 g/mol. The Hall–Kier alpha value is 0.966. The number of hydrogen-bond donors (Lipinski definition) is 3. The maximum Gasteiger partial charge on any atom is 1.00 e. The van der Waals surface area contributed by atoms with E-state index in [1.54, 1.807) is 0 Å². The minimum atomic E-state index is -2.80. The van der Waals surface area contributed by atoms with Gasteiger partial charge < -0.3 is 30.7 Å². The molecule has 0 amide bonds. The normalized spacial score (nSPS) is 11.8. The maximum absolute atomic E-state index is 10.3. The van der Waals surface area contributed by atoms with Crippen molar-refractivity contribution in [3.05, 3.63) is 0 Å². The Kier molecular flexibility index (Phi) is 17.8. The van der Waals surface area contributed by atoms with E-state index in [0.29, 0.717) is 0 Å². The van der Waals surface area contributed by atoms with E-state index in [0.717, 1.165) is 0 Å². The van der Waals surface area contributed by atoms with Gasteiger partial charge in [0, 0.05) is 12.4 Å². The Balaban J connectivity index is -0.000000240. The van der Waals surface area contributed by atoms with Gasteiger partial charge in [0.15, 0.2) is 5.60 Å². The molecule has 0 radical (unpaired) electrons. The Morgan fingerprint density at radius 2 is 1.50 bits per heavy atom. The Morgan fingerprint density at radius 3 is 1.69 bits per heavy atom. The van der Waals surface area contributed by atoms with Crippen LogP contribution in [-0.2, 0) is 14.4 Å². The van der Waals surface area contributed by atoms with E-state index < -0.39 is 36.4 Å². The van der Waals surface area contributed by atoms with Crippen LogP contribution in [-0.4, -0.2) is 44.3 Å². The second-order valence-electron chi connectivity index (χ2n) is 2.46. The van der Waals surface area contributed by atoms with E-state index in [1.807, 2.05) is 0 Å². The molecule has 8 nitrogen and oxygen atoms in total. The molecule has 4 N–H and O–H groups in total. The summed E-state index contributed by atoms with van der Waals surface area (Å²) in [4.78, 5) is 30.3. The van der Waals surface area contributed by atoms with Crippen molar-refractivity contribution in [1.82, 2.24) is 0 Å². The molecule has 0 saturated carbocycles. The zero-order valence-corrected chi connectivity index (χ0v) is 14.0. The zero-order chi connectivity index (χ0) is 10.6. The number of carbonyl (C=O) groups excluding carboxylic acids is 1. The van der Waals surface area contributed by atoms with Crippen molar-refractivity contribution in [1.29, 1.82) is 0 Å². The molecule has 10 heteroatoms. The molecule has 0 spiro atoms. The maximum atomic E-state index is 10.3. The summed E-state index contributed by atoms with van der Waals surface area (Å²) >= 11 is 0. The van der Waals surface area contributed by atoms with E-state index in [2.05, 4.69) is 0 Å². The second-order valence-corrected chi connectivity index (χ2v) is 2.46. The molecule has 0 fully saturated rings. The summed E-state index contributed by atoms with van der Waals surface area (Å²) in [7, 11) is 0. The van der Waals surface area contributed by atoms with Gasteiger partial charge in [-0.3, -0.25) is 4.79 Å². The van der Waals surface area contributed by atoms with Crippen LogP contribution in [0.15, 0.2) is 0 Å². The molecular weight excluding hydrogens is 262 g/mol. The first-order valence-electron chi connectivity index (χ1n) is 3.15. The van der Waals surface area contributed by atoms with Crippen LogP contribution in [0, 0.1) is 0 Å². The summed E-state index contributed by atoms with van der Waals surface area (Å²) in [6.45, 7) is 0. The number of aliphatic hydroxyl groups is 1. The SMILES string of the molecule is O=C([O-])CC(O)(CC(=O)O)C(=O)O.[K+].[Na+].[OH-]. The first-order valence-corrected chi connectivity index (χ1v) is 3.15. The van der Waals surface area contributed by atoms with E-state index >= 15 is 0 Å². The number of aliphatic carboxylic acids is 3. The summed E-state index contributed by atoms with van der Waals surface area (Å²) in [5, 5.41) is 35.5. The van der Waals surface area contributed by atoms with Crippen LogP contribution in [0.5, 0.6) is 0 Å². The Bertz CT molecular complexity index is 239. The van der Waals surface area contributed by atoms with Crippen LogP contribution < -0.4 is 86.0 Å². The van der Waals surface area contributed by atoms with Gasteiger partial charge >= 0.3 is 92.9 Å². The van der Waals surface area contributed by atoms with E-state index in [9.17, 15) is 19.5 Å². The molecule has 1 atom stereocenters.